The Morgan fingerprint density at radius 1 is 1.12 bits per heavy atom. The molecule has 0 spiro atoms. The van der Waals surface area contributed by atoms with Gasteiger partial charge in [0.2, 0.25) is 0 Å². The lowest BCUT2D eigenvalue weighted by Gasteiger charge is -1.98. The van der Waals surface area contributed by atoms with Gasteiger partial charge in [-0.15, -0.1) is 0 Å². The van der Waals surface area contributed by atoms with Crippen molar-refractivity contribution in [2.24, 2.45) is 0 Å². The summed E-state index contributed by atoms with van der Waals surface area (Å²) in [5.74, 6) is 0. The van der Waals surface area contributed by atoms with Crippen molar-refractivity contribution in [3.05, 3.63) is 29.6 Å². The number of hydrogen-bond donors (Lipinski definition) is 0. The first-order valence-electron chi connectivity index (χ1n) is 5.57. The SMILES string of the molecule is CCCC[n+]1ccc(C)c(C)c1.F[B-](F)(F)F. The maximum Gasteiger partial charge on any atom is 0.673 e. The minimum Gasteiger partial charge on any atom is -0.418 e. The number of halogens is 4. The summed E-state index contributed by atoms with van der Waals surface area (Å²) < 4.78 is 41.3. The predicted molar refractivity (Wildman–Crippen MR) is 61.2 cm³/mol. The van der Waals surface area contributed by atoms with Crippen LogP contribution in [0.3, 0.4) is 0 Å². The van der Waals surface area contributed by atoms with E-state index >= 15 is 0 Å². The zero-order valence-corrected chi connectivity index (χ0v) is 10.4. The third-order valence-electron chi connectivity index (χ3n) is 2.27. The molecule has 0 radical (unpaired) electrons. The third-order valence-corrected chi connectivity index (χ3v) is 2.27. The molecule has 0 saturated heterocycles. The van der Waals surface area contributed by atoms with Crippen LogP contribution >= 0.6 is 0 Å². The number of rotatable bonds is 3. The van der Waals surface area contributed by atoms with Crippen molar-refractivity contribution in [1.82, 2.24) is 0 Å². The monoisotopic (exact) mass is 251 g/mol. The number of aromatic nitrogens is 1. The van der Waals surface area contributed by atoms with Gasteiger partial charge in [0.05, 0.1) is 0 Å². The second-order valence-electron chi connectivity index (χ2n) is 3.90. The van der Waals surface area contributed by atoms with E-state index in [1.54, 1.807) is 0 Å². The standard InChI is InChI=1S/C11H18N.BF4/c1-4-5-7-12-8-6-10(2)11(3)9-12;2-1(3,4)5/h6,8-9H,4-5,7H2,1-3H3;/q+1;-1. The molecular formula is C11H18BF4N. The first-order chi connectivity index (χ1) is 7.74. The lowest BCUT2D eigenvalue weighted by Crippen LogP contribution is -2.33. The van der Waals surface area contributed by atoms with E-state index in [-0.39, 0.29) is 0 Å². The van der Waals surface area contributed by atoms with E-state index in [0.717, 1.165) is 6.54 Å². The molecule has 0 fully saturated rings. The molecule has 98 valence electrons. The van der Waals surface area contributed by atoms with Crippen LogP contribution in [0, 0.1) is 13.8 Å². The molecule has 6 heteroatoms. The first-order valence-corrected chi connectivity index (χ1v) is 5.57. The van der Waals surface area contributed by atoms with Gasteiger partial charge in [0.15, 0.2) is 12.4 Å². The van der Waals surface area contributed by atoms with Crippen molar-refractivity contribution >= 4 is 7.25 Å². The minimum atomic E-state index is -6.00. The van der Waals surface area contributed by atoms with Crippen LogP contribution in [0.4, 0.5) is 17.3 Å². The molecule has 0 N–H and O–H groups in total. The number of nitrogens with zero attached hydrogens (tertiary/aromatic N) is 1. The van der Waals surface area contributed by atoms with E-state index in [4.69, 9.17) is 0 Å². The van der Waals surface area contributed by atoms with Gasteiger partial charge in [-0.05, 0) is 19.4 Å². The molecule has 0 atom stereocenters. The number of aryl methyl sites for hydroxylation is 3. The van der Waals surface area contributed by atoms with Crippen LogP contribution < -0.4 is 4.57 Å². The van der Waals surface area contributed by atoms with Crippen molar-refractivity contribution < 1.29 is 21.8 Å². The van der Waals surface area contributed by atoms with Crippen molar-refractivity contribution in [3.8, 4) is 0 Å². The van der Waals surface area contributed by atoms with Crippen LogP contribution in [-0.4, -0.2) is 7.25 Å². The average molecular weight is 251 g/mol. The second kappa shape index (κ2) is 7.30. The van der Waals surface area contributed by atoms with Crippen LogP contribution in [0.15, 0.2) is 18.5 Å². The van der Waals surface area contributed by atoms with Crippen LogP contribution in [0.1, 0.15) is 30.9 Å². The van der Waals surface area contributed by atoms with Gasteiger partial charge in [-0.2, -0.15) is 0 Å². The Labute approximate surface area is 99.6 Å². The summed E-state index contributed by atoms with van der Waals surface area (Å²) in [7, 11) is -6.00. The number of hydrogen-bond acceptors (Lipinski definition) is 0. The molecule has 17 heavy (non-hydrogen) atoms. The topological polar surface area (TPSA) is 3.88 Å². The van der Waals surface area contributed by atoms with Gasteiger partial charge in [0, 0.05) is 18.1 Å². The van der Waals surface area contributed by atoms with E-state index < -0.39 is 7.25 Å². The molecule has 0 amide bonds. The fourth-order valence-corrected chi connectivity index (χ4v) is 1.21. The second-order valence-corrected chi connectivity index (χ2v) is 3.90. The summed E-state index contributed by atoms with van der Waals surface area (Å²) in [6.07, 6.45) is 6.93. The Morgan fingerprint density at radius 3 is 2.06 bits per heavy atom. The molecule has 1 rings (SSSR count). The van der Waals surface area contributed by atoms with Gasteiger partial charge in [0.1, 0.15) is 6.54 Å². The molecule has 1 aromatic heterocycles. The van der Waals surface area contributed by atoms with Crippen molar-refractivity contribution in [2.75, 3.05) is 0 Å². The highest BCUT2D eigenvalue weighted by Gasteiger charge is 2.20. The molecule has 0 aromatic carbocycles. The molecule has 0 saturated carbocycles. The normalized spacial score (nSPS) is 10.8. The number of unbranched alkanes of at least 4 members (excludes halogenated alkanes) is 1. The summed E-state index contributed by atoms with van der Waals surface area (Å²) in [5, 5.41) is 0. The lowest BCUT2D eigenvalue weighted by atomic mass is 10.2. The van der Waals surface area contributed by atoms with Crippen molar-refractivity contribution in [2.45, 2.75) is 40.2 Å². The molecule has 1 heterocycles. The molecule has 0 unspecified atom stereocenters. The van der Waals surface area contributed by atoms with Gasteiger partial charge >= 0.3 is 7.25 Å². The average Bonchev–Trinajstić information content (AvgIpc) is 2.17. The summed E-state index contributed by atoms with van der Waals surface area (Å²) in [5.41, 5.74) is 2.76. The van der Waals surface area contributed by atoms with E-state index in [0.29, 0.717) is 0 Å². The van der Waals surface area contributed by atoms with E-state index in [1.807, 2.05) is 0 Å². The quantitative estimate of drug-likeness (QED) is 0.438. The number of pyridine rings is 1. The zero-order chi connectivity index (χ0) is 13.5. The fourth-order valence-electron chi connectivity index (χ4n) is 1.21. The Kier molecular flexibility index (Phi) is 6.84. The van der Waals surface area contributed by atoms with Crippen LogP contribution in [0.5, 0.6) is 0 Å². The lowest BCUT2D eigenvalue weighted by molar-refractivity contribution is -0.697. The molecule has 1 aromatic rings. The van der Waals surface area contributed by atoms with Gasteiger partial charge in [-0.3, -0.25) is 0 Å². The fraction of sp³-hybridized carbons (Fsp3) is 0.545. The van der Waals surface area contributed by atoms with Crippen LogP contribution in [0.2, 0.25) is 0 Å². The maximum atomic E-state index is 9.75. The molecule has 1 nitrogen and oxygen atoms in total. The van der Waals surface area contributed by atoms with Gasteiger partial charge in [-0.1, -0.05) is 13.3 Å². The maximum absolute atomic E-state index is 9.75. The third kappa shape index (κ3) is 9.84. The highest BCUT2D eigenvalue weighted by Crippen LogP contribution is 2.06. The molecule has 0 aliphatic carbocycles. The summed E-state index contributed by atoms with van der Waals surface area (Å²) in [4.78, 5) is 0. The smallest absolute Gasteiger partial charge is 0.418 e. The van der Waals surface area contributed by atoms with Gasteiger partial charge in [0.25, 0.3) is 0 Å². The minimum absolute atomic E-state index is 1.15. The molecule has 0 bridgehead atoms. The molecule has 0 aliphatic rings. The highest BCUT2D eigenvalue weighted by atomic mass is 19.5. The Bertz CT molecular complexity index is 333. The van der Waals surface area contributed by atoms with Crippen molar-refractivity contribution in [1.29, 1.82) is 0 Å². The zero-order valence-electron chi connectivity index (χ0n) is 10.4. The summed E-state index contributed by atoms with van der Waals surface area (Å²) >= 11 is 0. The largest absolute Gasteiger partial charge is 0.673 e. The van der Waals surface area contributed by atoms with Gasteiger partial charge < -0.3 is 17.3 Å². The van der Waals surface area contributed by atoms with E-state index in [9.17, 15) is 17.3 Å². The van der Waals surface area contributed by atoms with Crippen LogP contribution in [-0.2, 0) is 6.54 Å². The predicted octanol–water partition coefficient (Wildman–Crippen LogP) is 3.69. The Balaban J connectivity index is 0.000000437. The Morgan fingerprint density at radius 2 is 1.65 bits per heavy atom. The van der Waals surface area contributed by atoms with Crippen molar-refractivity contribution in [3.63, 3.8) is 0 Å². The summed E-state index contributed by atoms with van der Waals surface area (Å²) in [6.45, 7) is 7.69. The van der Waals surface area contributed by atoms with E-state index in [2.05, 4.69) is 43.8 Å². The summed E-state index contributed by atoms with van der Waals surface area (Å²) in [6, 6.07) is 2.19. The van der Waals surface area contributed by atoms with Crippen LogP contribution in [0.25, 0.3) is 0 Å². The van der Waals surface area contributed by atoms with Gasteiger partial charge in [-0.25, -0.2) is 4.57 Å². The first kappa shape index (κ1) is 15.9. The molecular weight excluding hydrogens is 233 g/mol. The van der Waals surface area contributed by atoms with E-state index in [1.165, 1.54) is 24.0 Å². The molecule has 0 aliphatic heterocycles. The Hall–Kier alpha value is -1.07. The highest BCUT2D eigenvalue weighted by molar-refractivity contribution is 6.50.